The number of hydrogen-bond donors (Lipinski definition) is 1. The molecule has 0 saturated heterocycles. The van der Waals surface area contributed by atoms with E-state index in [-0.39, 0.29) is 12.0 Å². The van der Waals surface area contributed by atoms with Crippen LogP contribution < -0.4 is 14.8 Å². The predicted octanol–water partition coefficient (Wildman–Crippen LogP) is 3.59. The lowest BCUT2D eigenvalue weighted by Crippen LogP contribution is -2.33. The smallest absolute Gasteiger partial charge is 0.255 e. The Labute approximate surface area is 164 Å². The summed E-state index contributed by atoms with van der Waals surface area (Å²) in [5.41, 5.74) is 3.88. The SMILES string of the molecule is O=C(Nc1cnn(C[C@@H]2COc3ccccc3O2)c1)c1ccc2ncsc2c1. The fourth-order valence-electron chi connectivity index (χ4n) is 3.09. The number of carbonyl (C=O) groups excluding carboxylic acids is 1. The topological polar surface area (TPSA) is 78.3 Å². The molecule has 0 unspecified atom stereocenters. The number of thiazole rings is 1. The molecule has 1 aliphatic rings. The van der Waals surface area contributed by atoms with E-state index in [0.29, 0.717) is 24.4 Å². The molecule has 2 aromatic carbocycles. The van der Waals surface area contributed by atoms with Crippen molar-refractivity contribution in [2.45, 2.75) is 12.6 Å². The number of nitrogens with zero attached hydrogens (tertiary/aromatic N) is 3. The Balaban J connectivity index is 1.24. The van der Waals surface area contributed by atoms with Crippen molar-refractivity contribution in [3.05, 3.63) is 65.9 Å². The highest BCUT2D eigenvalue weighted by Gasteiger charge is 2.21. The number of ether oxygens (including phenoxy) is 2. The first-order chi connectivity index (χ1) is 13.7. The van der Waals surface area contributed by atoms with Crippen LogP contribution in [0.3, 0.4) is 0 Å². The zero-order chi connectivity index (χ0) is 18.9. The van der Waals surface area contributed by atoms with Gasteiger partial charge in [-0.05, 0) is 30.3 Å². The second kappa shape index (κ2) is 6.97. The summed E-state index contributed by atoms with van der Waals surface area (Å²) in [7, 11) is 0. The first-order valence-electron chi connectivity index (χ1n) is 8.80. The van der Waals surface area contributed by atoms with E-state index in [9.17, 15) is 4.79 Å². The van der Waals surface area contributed by atoms with Gasteiger partial charge in [0.25, 0.3) is 5.91 Å². The number of aromatic nitrogens is 3. The Kier molecular flexibility index (Phi) is 4.17. The number of rotatable bonds is 4. The van der Waals surface area contributed by atoms with Gasteiger partial charge in [0, 0.05) is 11.8 Å². The standard InChI is InChI=1S/C20H16N4O3S/c25-20(13-5-6-16-19(7-13)28-12-21-16)23-14-8-22-24(9-14)10-15-11-26-17-3-1-2-4-18(17)27-15/h1-9,12,15H,10-11H2,(H,23,25)/t15-/m1/s1. The average Bonchev–Trinajstić information content (AvgIpc) is 3.36. The molecule has 3 heterocycles. The minimum atomic E-state index is -0.180. The number of carbonyl (C=O) groups is 1. The van der Waals surface area contributed by atoms with Crippen molar-refractivity contribution < 1.29 is 14.3 Å². The van der Waals surface area contributed by atoms with E-state index in [0.717, 1.165) is 21.7 Å². The van der Waals surface area contributed by atoms with Gasteiger partial charge in [0.05, 0.1) is 34.2 Å². The molecule has 1 atom stereocenters. The monoisotopic (exact) mass is 392 g/mol. The van der Waals surface area contributed by atoms with Gasteiger partial charge < -0.3 is 14.8 Å². The van der Waals surface area contributed by atoms with E-state index in [1.165, 1.54) is 11.3 Å². The molecule has 0 saturated carbocycles. The number of benzene rings is 2. The van der Waals surface area contributed by atoms with E-state index in [1.54, 1.807) is 28.7 Å². The third-order valence-electron chi connectivity index (χ3n) is 4.44. The van der Waals surface area contributed by atoms with E-state index in [1.807, 2.05) is 36.4 Å². The molecule has 140 valence electrons. The van der Waals surface area contributed by atoms with Gasteiger partial charge in [-0.3, -0.25) is 9.48 Å². The zero-order valence-electron chi connectivity index (χ0n) is 14.7. The summed E-state index contributed by atoms with van der Waals surface area (Å²) < 4.78 is 14.4. The second-order valence-corrected chi connectivity index (χ2v) is 7.32. The van der Waals surface area contributed by atoms with E-state index < -0.39 is 0 Å². The van der Waals surface area contributed by atoms with Crippen molar-refractivity contribution in [3.8, 4) is 11.5 Å². The molecule has 0 radical (unpaired) electrons. The van der Waals surface area contributed by atoms with Gasteiger partial charge >= 0.3 is 0 Å². The van der Waals surface area contributed by atoms with Gasteiger partial charge in [-0.1, -0.05) is 12.1 Å². The molecule has 7 nitrogen and oxygen atoms in total. The Morgan fingerprint density at radius 2 is 2.14 bits per heavy atom. The van der Waals surface area contributed by atoms with Gasteiger partial charge in [0.1, 0.15) is 6.61 Å². The van der Waals surface area contributed by atoms with Crippen LogP contribution in [0.15, 0.2) is 60.4 Å². The third-order valence-corrected chi connectivity index (χ3v) is 5.23. The quantitative estimate of drug-likeness (QED) is 0.574. The average molecular weight is 392 g/mol. The molecule has 1 N–H and O–H groups in total. The van der Waals surface area contributed by atoms with Crippen LogP contribution in [0, 0.1) is 0 Å². The van der Waals surface area contributed by atoms with Crippen LogP contribution in [0.4, 0.5) is 5.69 Å². The number of hydrogen-bond acceptors (Lipinski definition) is 6. The predicted molar refractivity (Wildman–Crippen MR) is 106 cm³/mol. The van der Waals surface area contributed by atoms with Crippen LogP contribution in [0.2, 0.25) is 0 Å². The fourth-order valence-corrected chi connectivity index (χ4v) is 3.81. The number of anilines is 1. The van der Waals surface area contributed by atoms with Crippen LogP contribution in [-0.4, -0.2) is 33.4 Å². The summed E-state index contributed by atoms with van der Waals surface area (Å²) in [5.74, 6) is 1.31. The molecule has 0 fully saturated rings. The maximum Gasteiger partial charge on any atom is 0.255 e. The first-order valence-corrected chi connectivity index (χ1v) is 9.68. The molecule has 5 rings (SSSR count). The Hall–Kier alpha value is -3.39. The molecule has 1 amide bonds. The molecule has 0 bridgehead atoms. The van der Waals surface area contributed by atoms with E-state index in [4.69, 9.17) is 9.47 Å². The van der Waals surface area contributed by atoms with Crippen LogP contribution >= 0.6 is 11.3 Å². The summed E-state index contributed by atoms with van der Waals surface area (Å²) in [6.45, 7) is 0.977. The van der Waals surface area contributed by atoms with Gasteiger partial charge in [-0.2, -0.15) is 5.10 Å². The lowest BCUT2D eigenvalue weighted by atomic mass is 10.2. The van der Waals surface area contributed by atoms with Crippen LogP contribution in [0.25, 0.3) is 10.2 Å². The number of fused-ring (bicyclic) bond motifs is 2. The first kappa shape index (κ1) is 16.8. The van der Waals surface area contributed by atoms with Crippen molar-refractivity contribution in [2.24, 2.45) is 0 Å². The van der Waals surface area contributed by atoms with E-state index in [2.05, 4.69) is 15.4 Å². The molecule has 2 aromatic heterocycles. The van der Waals surface area contributed by atoms with E-state index >= 15 is 0 Å². The number of para-hydroxylation sites is 2. The number of nitrogens with one attached hydrogen (secondary N) is 1. The van der Waals surface area contributed by atoms with Crippen LogP contribution in [0.5, 0.6) is 11.5 Å². The Morgan fingerprint density at radius 1 is 1.25 bits per heavy atom. The molecule has 8 heteroatoms. The summed E-state index contributed by atoms with van der Waals surface area (Å²) in [6, 6.07) is 13.1. The summed E-state index contributed by atoms with van der Waals surface area (Å²) in [4.78, 5) is 16.7. The van der Waals surface area contributed by atoms with Crippen molar-refractivity contribution in [1.29, 1.82) is 0 Å². The maximum atomic E-state index is 12.5. The molecule has 1 aliphatic heterocycles. The Morgan fingerprint density at radius 3 is 3.07 bits per heavy atom. The van der Waals surface area contributed by atoms with Gasteiger partial charge in [0.15, 0.2) is 17.6 Å². The highest BCUT2D eigenvalue weighted by atomic mass is 32.1. The normalized spacial score (nSPS) is 15.5. The van der Waals surface area contributed by atoms with Crippen LogP contribution in [0.1, 0.15) is 10.4 Å². The molecule has 0 spiro atoms. The largest absolute Gasteiger partial charge is 0.486 e. The van der Waals surface area contributed by atoms with Crippen molar-refractivity contribution in [3.63, 3.8) is 0 Å². The van der Waals surface area contributed by atoms with Gasteiger partial charge in [-0.15, -0.1) is 11.3 Å². The fraction of sp³-hybridized carbons (Fsp3) is 0.150. The summed E-state index contributed by atoms with van der Waals surface area (Å²) >= 11 is 1.51. The molecule has 0 aliphatic carbocycles. The molecule has 28 heavy (non-hydrogen) atoms. The highest BCUT2D eigenvalue weighted by Crippen LogP contribution is 2.31. The minimum Gasteiger partial charge on any atom is -0.486 e. The zero-order valence-corrected chi connectivity index (χ0v) is 15.6. The minimum absolute atomic E-state index is 0.146. The number of amides is 1. The highest BCUT2D eigenvalue weighted by molar-refractivity contribution is 7.16. The maximum absolute atomic E-state index is 12.5. The summed E-state index contributed by atoms with van der Waals surface area (Å²) in [6.07, 6.45) is 3.26. The van der Waals surface area contributed by atoms with Gasteiger partial charge in [0.2, 0.25) is 0 Å². The lowest BCUT2D eigenvalue weighted by molar-refractivity contribution is 0.0759. The van der Waals surface area contributed by atoms with Crippen molar-refractivity contribution in [2.75, 3.05) is 11.9 Å². The lowest BCUT2D eigenvalue weighted by Gasteiger charge is -2.26. The second-order valence-electron chi connectivity index (χ2n) is 6.44. The van der Waals surface area contributed by atoms with Crippen molar-refractivity contribution >= 4 is 33.1 Å². The molecule has 4 aromatic rings. The summed E-state index contributed by atoms with van der Waals surface area (Å²) in [5, 5.41) is 7.19. The van der Waals surface area contributed by atoms with Gasteiger partial charge in [-0.25, -0.2) is 4.98 Å². The third kappa shape index (κ3) is 3.29. The van der Waals surface area contributed by atoms with Crippen molar-refractivity contribution in [1.82, 2.24) is 14.8 Å². The van der Waals surface area contributed by atoms with Crippen LogP contribution in [-0.2, 0) is 6.54 Å². The molecular weight excluding hydrogens is 376 g/mol. The molecular formula is C20H16N4O3S. The Bertz CT molecular complexity index is 1150.